The first-order chi connectivity index (χ1) is 9.38. The average Bonchev–Trinajstić information content (AvgIpc) is 2.33. The van der Waals surface area contributed by atoms with Gasteiger partial charge in [-0.3, -0.25) is 9.59 Å². The summed E-state index contributed by atoms with van der Waals surface area (Å²) in [6, 6.07) is 5.25. The van der Waals surface area contributed by atoms with E-state index in [-0.39, 0.29) is 11.0 Å². The van der Waals surface area contributed by atoms with Crippen LogP contribution in [0.4, 0.5) is 5.69 Å². The van der Waals surface area contributed by atoms with Crippen LogP contribution in [0.3, 0.4) is 0 Å². The van der Waals surface area contributed by atoms with Crippen LogP contribution in [0.2, 0.25) is 0 Å². The van der Waals surface area contributed by atoms with Gasteiger partial charge in [0.25, 0.3) is 5.91 Å². The van der Waals surface area contributed by atoms with Crippen LogP contribution in [-0.2, 0) is 0 Å². The Balaban J connectivity index is 2.35. The number of hydrogen-bond donors (Lipinski definition) is 2. The molecule has 1 aromatic heterocycles. The Labute approximate surface area is 125 Å². The minimum Gasteiger partial charge on any atom is -0.364 e. The number of halogens is 1. The lowest BCUT2D eigenvalue weighted by Crippen LogP contribution is -2.22. The van der Waals surface area contributed by atoms with Crippen LogP contribution < -0.4 is 10.7 Å². The van der Waals surface area contributed by atoms with Gasteiger partial charge in [0.15, 0.2) is 5.43 Å². The number of aryl methyl sites for hydroxylation is 3. The molecule has 20 heavy (non-hydrogen) atoms. The maximum absolute atomic E-state index is 12.2. The summed E-state index contributed by atoms with van der Waals surface area (Å²) in [5.41, 5.74) is 3.16. The molecule has 1 aromatic carbocycles. The summed E-state index contributed by atoms with van der Waals surface area (Å²) in [6.45, 7) is 5.59. The number of nitrogens with one attached hydrogen (secondary N) is 2. The number of carbonyl (C=O) groups excluding carboxylic acids is 1. The van der Waals surface area contributed by atoms with Gasteiger partial charge in [-0.2, -0.15) is 0 Å². The number of anilines is 1. The number of benzene rings is 1. The minimum absolute atomic E-state index is 0.109. The van der Waals surface area contributed by atoms with E-state index in [1.807, 2.05) is 26.0 Å². The van der Waals surface area contributed by atoms with Crippen LogP contribution in [0, 0.1) is 20.8 Å². The van der Waals surface area contributed by atoms with E-state index in [9.17, 15) is 9.59 Å². The molecule has 0 radical (unpaired) electrons. The smallest absolute Gasteiger partial charge is 0.261 e. The van der Waals surface area contributed by atoms with Gasteiger partial charge in [0.05, 0.1) is 0 Å². The number of carbonyl (C=O) groups is 1. The van der Waals surface area contributed by atoms with Crippen molar-refractivity contribution in [3.63, 3.8) is 0 Å². The summed E-state index contributed by atoms with van der Waals surface area (Å²) in [5.74, 6) is -0.403. The predicted molar refractivity (Wildman–Crippen MR) is 83.4 cm³/mol. The van der Waals surface area contributed by atoms with E-state index in [4.69, 9.17) is 0 Å². The lowest BCUT2D eigenvalue weighted by molar-refractivity contribution is 0.102. The zero-order valence-corrected chi connectivity index (χ0v) is 13.1. The van der Waals surface area contributed by atoms with E-state index in [0.29, 0.717) is 0 Å². The first-order valence-corrected chi connectivity index (χ1v) is 6.95. The normalized spacial score (nSPS) is 10.4. The van der Waals surface area contributed by atoms with Crippen molar-refractivity contribution in [1.29, 1.82) is 0 Å². The van der Waals surface area contributed by atoms with Crippen LogP contribution in [0.15, 0.2) is 33.7 Å². The van der Waals surface area contributed by atoms with E-state index in [0.717, 1.165) is 27.0 Å². The number of hydrogen-bond acceptors (Lipinski definition) is 2. The van der Waals surface area contributed by atoms with Crippen LogP contribution in [0.1, 0.15) is 27.2 Å². The van der Waals surface area contributed by atoms with Crippen LogP contribution in [0.5, 0.6) is 0 Å². The highest BCUT2D eigenvalue weighted by Gasteiger charge is 2.13. The number of rotatable bonds is 2. The molecule has 5 heteroatoms. The van der Waals surface area contributed by atoms with Gasteiger partial charge in [0.1, 0.15) is 5.56 Å². The monoisotopic (exact) mass is 334 g/mol. The number of pyridine rings is 1. The third-order valence-electron chi connectivity index (χ3n) is 3.04. The second kappa shape index (κ2) is 5.63. The fraction of sp³-hybridized carbons (Fsp3) is 0.200. The minimum atomic E-state index is -0.403. The van der Waals surface area contributed by atoms with E-state index in [1.165, 1.54) is 12.3 Å². The number of amides is 1. The molecule has 0 saturated carbocycles. The SMILES string of the molecule is Cc1cc(=O)c(C(=O)Nc2c(C)cc(Br)cc2C)c[nH]1. The summed E-state index contributed by atoms with van der Waals surface area (Å²) in [6.07, 6.45) is 1.44. The molecule has 0 spiro atoms. The molecular formula is C15H15BrN2O2. The van der Waals surface area contributed by atoms with Crippen LogP contribution >= 0.6 is 15.9 Å². The molecule has 0 aliphatic carbocycles. The largest absolute Gasteiger partial charge is 0.364 e. The van der Waals surface area contributed by atoms with Gasteiger partial charge in [-0.05, 0) is 44.0 Å². The summed E-state index contributed by atoms with van der Waals surface area (Å²) in [4.78, 5) is 26.9. The van der Waals surface area contributed by atoms with Gasteiger partial charge >= 0.3 is 0 Å². The van der Waals surface area contributed by atoms with Gasteiger partial charge in [0.2, 0.25) is 0 Å². The molecule has 0 bridgehead atoms. The Bertz CT molecular complexity index is 712. The van der Waals surface area contributed by atoms with Gasteiger partial charge in [-0.15, -0.1) is 0 Å². The highest BCUT2D eigenvalue weighted by molar-refractivity contribution is 9.10. The van der Waals surface area contributed by atoms with Crippen molar-refractivity contribution >= 4 is 27.5 Å². The molecular weight excluding hydrogens is 320 g/mol. The molecule has 1 amide bonds. The van der Waals surface area contributed by atoms with Crippen molar-refractivity contribution in [3.8, 4) is 0 Å². The second-order valence-corrected chi connectivity index (χ2v) is 5.68. The summed E-state index contributed by atoms with van der Waals surface area (Å²) in [7, 11) is 0. The fourth-order valence-corrected chi connectivity index (χ4v) is 2.73. The summed E-state index contributed by atoms with van der Waals surface area (Å²) < 4.78 is 0.957. The number of aromatic amines is 1. The van der Waals surface area contributed by atoms with Crippen LogP contribution in [0.25, 0.3) is 0 Å². The first kappa shape index (κ1) is 14.5. The molecule has 0 saturated heterocycles. The molecule has 2 aromatic rings. The molecule has 2 N–H and O–H groups in total. The topological polar surface area (TPSA) is 62.0 Å². The third kappa shape index (κ3) is 2.99. The molecule has 0 aliphatic heterocycles. The van der Waals surface area contributed by atoms with Crippen molar-refractivity contribution < 1.29 is 4.79 Å². The standard InChI is InChI=1S/C15H15BrN2O2/c1-8-4-11(16)5-9(2)14(8)18-15(20)12-7-17-10(3)6-13(12)19/h4-7H,1-3H3,(H,17,19)(H,18,20). The highest BCUT2D eigenvalue weighted by Crippen LogP contribution is 2.25. The quantitative estimate of drug-likeness (QED) is 0.884. The third-order valence-corrected chi connectivity index (χ3v) is 3.50. The predicted octanol–water partition coefficient (Wildman–Crippen LogP) is 3.31. The maximum atomic E-state index is 12.2. The Morgan fingerprint density at radius 3 is 2.30 bits per heavy atom. The van der Waals surface area contributed by atoms with E-state index in [1.54, 1.807) is 6.92 Å². The Morgan fingerprint density at radius 1 is 1.15 bits per heavy atom. The van der Waals surface area contributed by atoms with Crippen molar-refractivity contribution in [2.75, 3.05) is 5.32 Å². The van der Waals surface area contributed by atoms with E-state index >= 15 is 0 Å². The lowest BCUT2D eigenvalue weighted by atomic mass is 10.1. The number of H-pyrrole nitrogens is 1. The van der Waals surface area contributed by atoms with E-state index < -0.39 is 5.91 Å². The molecule has 1 heterocycles. The van der Waals surface area contributed by atoms with Crippen molar-refractivity contribution in [3.05, 3.63) is 61.5 Å². The lowest BCUT2D eigenvalue weighted by Gasteiger charge is -2.12. The highest BCUT2D eigenvalue weighted by atomic mass is 79.9. The van der Waals surface area contributed by atoms with Crippen LogP contribution in [-0.4, -0.2) is 10.9 Å². The summed E-state index contributed by atoms with van der Waals surface area (Å²) >= 11 is 3.41. The van der Waals surface area contributed by atoms with Gasteiger partial charge in [0, 0.05) is 28.1 Å². The molecule has 0 aliphatic rings. The Kier molecular flexibility index (Phi) is 4.09. The number of aromatic nitrogens is 1. The fourth-order valence-electron chi connectivity index (χ4n) is 2.04. The molecule has 0 atom stereocenters. The zero-order valence-electron chi connectivity index (χ0n) is 11.5. The van der Waals surface area contributed by atoms with Crippen molar-refractivity contribution in [2.45, 2.75) is 20.8 Å². The zero-order chi connectivity index (χ0) is 14.9. The molecule has 4 nitrogen and oxygen atoms in total. The van der Waals surface area contributed by atoms with Crippen molar-refractivity contribution in [1.82, 2.24) is 4.98 Å². The molecule has 0 unspecified atom stereocenters. The second-order valence-electron chi connectivity index (χ2n) is 4.76. The van der Waals surface area contributed by atoms with Gasteiger partial charge in [-0.1, -0.05) is 15.9 Å². The molecule has 2 rings (SSSR count). The first-order valence-electron chi connectivity index (χ1n) is 6.16. The van der Waals surface area contributed by atoms with Gasteiger partial charge < -0.3 is 10.3 Å². The molecule has 104 valence electrons. The maximum Gasteiger partial charge on any atom is 0.261 e. The summed E-state index contributed by atoms with van der Waals surface area (Å²) in [5, 5.41) is 2.80. The van der Waals surface area contributed by atoms with Gasteiger partial charge in [-0.25, -0.2) is 0 Å². The van der Waals surface area contributed by atoms with E-state index in [2.05, 4.69) is 26.2 Å². The average molecular weight is 335 g/mol. The van der Waals surface area contributed by atoms with Crippen molar-refractivity contribution in [2.24, 2.45) is 0 Å². The molecule has 0 fully saturated rings. The Hall–Kier alpha value is -1.88. The Morgan fingerprint density at radius 2 is 1.75 bits per heavy atom.